The maximum atomic E-state index is 13.4. The molecule has 1 fully saturated rings. The Hall–Kier alpha value is -3.83. The van der Waals surface area contributed by atoms with Crippen LogP contribution in [-0.4, -0.2) is 42.2 Å². The number of likely N-dealkylation sites (tertiary alicyclic amines) is 1. The molecule has 0 aliphatic carbocycles. The van der Waals surface area contributed by atoms with E-state index >= 15 is 0 Å². The molecule has 0 atom stereocenters. The summed E-state index contributed by atoms with van der Waals surface area (Å²) in [6.45, 7) is 3.93. The second-order valence-corrected chi connectivity index (χ2v) is 8.99. The first kappa shape index (κ1) is 22.9. The van der Waals surface area contributed by atoms with Crippen LogP contribution >= 0.6 is 0 Å². The molecule has 35 heavy (non-hydrogen) atoms. The summed E-state index contributed by atoms with van der Waals surface area (Å²) >= 11 is 0. The predicted octanol–water partition coefficient (Wildman–Crippen LogP) is 6.33. The molecule has 1 aliphatic heterocycles. The third kappa shape index (κ3) is 5.47. The van der Waals surface area contributed by atoms with E-state index in [4.69, 9.17) is 4.74 Å². The Morgan fingerprint density at radius 3 is 2.37 bits per heavy atom. The fraction of sp³-hybridized carbons (Fsp3) is 0.233. The van der Waals surface area contributed by atoms with Crippen LogP contribution < -0.4 is 10.1 Å². The number of rotatable bonds is 7. The SMILES string of the molecule is O=C(Nc1ccc(OCCN2CCCCC2)cc1)c1ccc2ccccc2c1-c1ccc(O)cc1. The predicted molar refractivity (Wildman–Crippen MR) is 141 cm³/mol. The van der Waals surface area contributed by atoms with E-state index in [1.54, 1.807) is 12.1 Å². The Morgan fingerprint density at radius 2 is 1.60 bits per heavy atom. The molecule has 5 nitrogen and oxygen atoms in total. The average Bonchev–Trinajstić information content (AvgIpc) is 2.90. The molecule has 5 heteroatoms. The van der Waals surface area contributed by atoms with Crippen LogP contribution in [0.2, 0.25) is 0 Å². The lowest BCUT2D eigenvalue weighted by atomic mass is 9.92. The van der Waals surface area contributed by atoms with Crippen LogP contribution in [0.4, 0.5) is 5.69 Å². The number of piperidine rings is 1. The number of fused-ring (bicyclic) bond motifs is 1. The minimum atomic E-state index is -0.183. The summed E-state index contributed by atoms with van der Waals surface area (Å²) in [6.07, 6.45) is 3.89. The zero-order valence-electron chi connectivity index (χ0n) is 19.7. The highest BCUT2D eigenvalue weighted by Gasteiger charge is 2.17. The third-order valence-corrected chi connectivity index (χ3v) is 6.57. The van der Waals surface area contributed by atoms with E-state index in [2.05, 4.69) is 10.2 Å². The Kier molecular flexibility index (Phi) is 6.96. The van der Waals surface area contributed by atoms with E-state index in [-0.39, 0.29) is 11.7 Å². The van der Waals surface area contributed by atoms with Crippen molar-refractivity contribution in [2.24, 2.45) is 0 Å². The topological polar surface area (TPSA) is 61.8 Å². The second-order valence-electron chi connectivity index (χ2n) is 8.99. The number of phenolic OH excluding ortho intramolecular Hbond substituents is 1. The van der Waals surface area contributed by atoms with Gasteiger partial charge in [-0.1, -0.05) is 48.9 Å². The fourth-order valence-corrected chi connectivity index (χ4v) is 4.71. The van der Waals surface area contributed by atoms with Crippen molar-refractivity contribution in [1.29, 1.82) is 0 Å². The van der Waals surface area contributed by atoms with Gasteiger partial charge in [0.2, 0.25) is 0 Å². The number of amides is 1. The molecule has 0 spiro atoms. The summed E-state index contributed by atoms with van der Waals surface area (Å²) in [5.41, 5.74) is 3.01. The summed E-state index contributed by atoms with van der Waals surface area (Å²) < 4.78 is 5.91. The largest absolute Gasteiger partial charge is 0.508 e. The molecule has 0 bridgehead atoms. The first-order valence-corrected chi connectivity index (χ1v) is 12.2. The molecule has 1 amide bonds. The maximum absolute atomic E-state index is 13.4. The minimum absolute atomic E-state index is 0.183. The zero-order valence-corrected chi connectivity index (χ0v) is 19.7. The number of carbonyl (C=O) groups is 1. The quantitative estimate of drug-likeness (QED) is 0.334. The number of aromatic hydroxyl groups is 1. The molecule has 0 aromatic heterocycles. The molecule has 1 saturated heterocycles. The number of benzene rings is 4. The summed E-state index contributed by atoms with van der Waals surface area (Å²) in [5.74, 6) is 0.811. The number of phenols is 1. The molecule has 1 aliphatic rings. The van der Waals surface area contributed by atoms with E-state index in [0.29, 0.717) is 17.9 Å². The maximum Gasteiger partial charge on any atom is 0.256 e. The first-order chi connectivity index (χ1) is 17.2. The Morgan fingerprint density at radius 1 is 0.857 bits per heavy atom. The summed E-state index contributed by atoms with van der Waals surface area (Å²) in [5, 5.41) is 14.8. The highest BCUT2D eigenvalue weighted by Crippen LogP contribution is 2.33. The van der Waals surface area contributed by atoms with Crippen molar-refractivity contribution in [3.63, 3.8) is 0 Å². The van der Waals surface area contributed by atoms with Crippen molar-refractivity contribution in [3.8, 4) is 22.6 Å². The molecule has 1 heterocycles. The minimum Gasteiger partial charge on any atom is -0.508 e. The number of anilines is 1. The van der Waals surface area contributed by atoms with Gasteiger partial charge in [0.05, 0.1) is 0 Å². The van der Waals surface area contributed by atoms with Crippen molar-refractivity contribution < 1.29 is 14.6 Å². The molecule has 0 saturated carbocycles. The summed E-state index contributed by atoms with van der Waals surface area (Å²) in [7, 11) is 0. The van der Waals surface area contributed by atoms with E-state index in [9.17, 15) is 9.90 Å². The second kappa shape index (κ2) is 10.6. The molecule has 0 unspecified atom stereocenters. The lowest BCUT2D eigenvalue weighted by Gasteiger charge is -2.26. The fourth-order valence-electron chi connectivity index (χ4n) is 4.71. The first-order valence-electron chi connectivity index (χ1n) is 12.2. The highest BCUT2D eigenvalue weighted by molar-refractivity contribution is 6.14. The van der Waals surface area contributed by atoms with Gasteiger partial charge < -0.3 is 15.2 Å². The zero-order chi connectivity index (χ0) is 24.0. The molecular formula is C30H30N2O3. The van der Waals surface area contributed by atoms with Crippen molar-refractivity contribution in [1.82, 2.24) is 4.90 Å². The lowest BCUT2D eigenvalue weighted by Crippen LogP contribution is -2.33. The van der Waals surface area contributed by atoms with Gasteiger partial charge in [0, 0.05) is 23.4 Å². The number of nitrogens with zero attached hydrogens (tertiary/aromatic N) is 1. The van der Waals surface area contributed by atoms with Crippen molar-refractivity contribution in [2.75, 3.05) is 31.6 Å². The van der Waals surface area contributed by atoms with E-state index in [1.807, 2.05) is 72.8 Å². The monoisotopic (exact) mass is 466 g/mol. The number of ether oxygens (including phenoxy) is 1. The Labute approximate surface area is 206 Å². The van der Waals surface area contributed by atoms with Crippen molar-refractivity contribution in [2.45, 2.75) is 19.3 Å². The van der Waals surface area contributed by atoms with Crippen LogP contribution in [0.5, 0.6) is 11.5 Å². The summed E-state index contributed by atoms with van der Waals surface area (Å²) in [4.78, 5) is 15.8. The normalized spacial score (nSPS) is 14.1. The number of hydrogen-bond donors (Lipinski definition) is 2. The molecular weight excluding hydrogens is 436 g/mol. The van der Waals surface area contributed by atoms with Gasteiger partial charge in [-0.05, 0) is 84.7 Å². The summed E-state index contributed by atoms with van der Waals surface area (Å²) in [6, 6.07) is 26.3. The molecule has 5 rings (SSSR count). The van der Waals surface area contributed by atoms with Gasteiger partial charge in [-0.3, -0.25) is 9.69 Å². The van der Waals surface area contributed by atoms with Crippen molar-refractivity contribution >= 4 is 22.4 Å². The van der Waals surface area contributed by atoms with Crippen LogP contribution in [-0.2, 0) is 0 Å². The smallest absolute Gasteiger partial charge is 0.256 e. The van der Waals surface area contributed by atoms with Crippen LogP contribution in [0.3, 0.4) is 0 Å². The standard InChI is InChI=1S/C30H30N2O3/c33-25-13-8-23(9-14-25)29-27-7-3-2-6-22(27)10-17-28(29)30(34)31-24-11-15-26(16-12-24)35-21-20-32-18-4-1-5-19-32/h2-3,6-17,33H,1,4-5,18-21H2,(H,31,34). The molecule has 2 N–H and O–H groups in total. The number of hydrogen-bond acceptors (Lipinski definition) is 4. The van der Waals surface area contributed by atoms with Crippen LogP contribution in [0.25, 0.3) is 21.9 Å². The van der Waals surface area contributed by atoms with E-state index in [0.717, 1.165) is 47.3 Å². The molecule has 4 aromatic carbocycles. The molecule has 178 valence electrons. The van der Waals surface area contributed by atoms with Gasteiger partial charge in [0.25, 0.3) is 5.91 Å². The number of carbonyl (C=O) groups excluding carboxylic acids is 1. The lowest BCUT2D eigenvalue weighted by molar-refractivity contribution is 0.102. The Balaban J connectivity index is 1.31. The van der Waals surface area contributed by atoms with Crippen molar-refractivity contribution in [3.05, 3.63) is 90.5 Å². The molecule has 0 radical (unpaired) electrons. The van der Waals surface area contributed by atoms with Gasteiger partial charge in [0.1, 0.15) is 18.1 Å². The van der Waals surface area contributed by atoms with Gasteiger partial charge >= 0.3 is 0 Å². The van der Waals surface area contributed by atoms with Crippen LogP contribution in [0.15, 0.2) is 84.9 Å². The number of nitrogens with one attached hydrogen (secondary N) is 1. The van der Waals surface area contributed by atoms with Crippen LogP contribution in [0, 0.1) is 0 Å². The van der Waals surface area contributed by atoms with Gasteiger partial charge in [0.15, 0.2) is 0 Å². The average molecular weight is 467 g/mol. The molecule has 4 aromatic rings. The van der Waals surface area contributed by atoms with Gasteiger partial charge in [-0.2, -0.15) is 0 Å². The van der Waals surface area contributed by atoms with E-state index < -0.39 is 0 Å². The third-order valence-electron chi connectivity index (χ3n) is 6.57. The van der Waals surface area contributed by atoms with Gasteiger partial charge in [-0.15, -0.1) is 0 Å². The van der Waals surface area contributed by atoms with Gasteiger partial charge in [-0.25, -0.2) is 0 Å². The van der Waals surface area contributed by atoms with Crippen LogP contribution in [0.1, 0.15) is 29.6 Å². The Bertz CT molecular complexity index is 1290. The van der Waals surface area contributed by atoms with E-state index in [1.165, 1.54) is 19.3 Å². The highest BCUT2D eigenvalue weighted by atomic mass is 16.5.